The quantitative estimate of drug-likeness (QED) is 0.618. The zero-order chi connectivity index (χ0) is 25.1. The molecule has 2 aromatic rings. The van der Waals surface area contributed by atoms with Crippen molar-refractivity contribution in [2.75, 3.05) is 36.5 Å². The molecule has 0 radical (unpaired) electrons. The minimum atomic E-state index is -1.02. The third-order valence-electron chi connectivity index (χ3n) is 6.46. The Morgan fingerprint density at radius 3 is 2.46 bits per heavy atom. The summed E-state index contributed by atoms with van der Waals surface area (Å²) in [6.07, 6.45) is 0.765. The fraction of sp³-hybridized carbons (Fsp3) is 0.385. The SMILES string of the molecule is CC(=N)c1ccc(NC(=O)C(C)C2OCCN(c3ccc(F)c(C(=O)N4CCCC4)c3)C2=O)cc1. The number of hydrogen-bond acceptors (Lipinski definition) is 5. The third kappa shape index (κ3) is 5.24. The number of nitrogens with one attached hydrogen (secondary N) is 2. The van der Waals surface area contributed by atoms with Gasteiger partial charge in [0.1, 0.15) is 11.9 Å². The minimum Gasteiger partial charge on any atom is -0.366 e. The van der Waals surface area contributed by atoms with E-state index < -0.39 is 23.7 Å². The Labute approximate surface area is 203 Å². The summed E-state index contributed by atoms with van der Waals surface area (Å²) in [5.74, 6) is -2.59. The number of carbonyl (C=O) groups excluding carboxylic acids is 3. The van der Waals surface area contributed by atoms with Crippen LogP contribution in [-0.4, -0.2) is 60.7 Å². The van der Waals surface area contributed by atoms with Gasteiger partial charge in [-0.05, 0) is 55.7 Å². The number of halogens is 1. The van der Waals surface area contributed by atoms with E-state index in [2.05, 4.69) is 5.32 Å². The van der Waals surface area contributed by atoms with Crippen LogP contribution in [0.15, 0.2) is 42.5 Å². The van der Waals surface area contributed by atoms with E-state index >= 15 is 0 Å². The second kappa shape index (κ2) is 10.4. The van der Waals surface area contributed by atoms with Crippen LogP contribution in [0.5, 0.6) is 0 Å². The van der Waals surface area contributed by atoms with Crippen molar-refractivity contribution in [1.29, 1.82) is 5.41 Å². The van der Waals surface area contributed by atoms with Crippen molar-refractivity contribution >= 4 is 34.8 Å². The molecule has 2 unspecified atom stereocenters. The first-order valence-electron chi connectivity index (χ1n) is 11.7. The largest absolute Gasteiger partial charge is 0.366 e. The molecule has 35 heavy (non-hydrogen) atoms. The first-order valence-corrected chi connectivity index (χ1v) is 11.7. The van der Waals surface area contributed by atoms with Crippen molar-refractivity contribution in [2.45, 2.75) is 32.8 Å². The van der Waals surface area contributed by atoms with E-state index in [0.29, 0.717) is 30.2 Å². The van der Waals surface area contributed by atoms with Gasteiger partial charge < -0.3 is 25.3 Å². The maximum absolute atomic E-state index is 14.5. The smallest absolute Gasteiger partial charge is 0.257 e. The number of benzene rings is 2. The monoisotopic (exact) mass is 480 g/mol. The van der Waals surface area contributed by atoms with Gasteiger partial charge in [-0.3, -0.25) is 14.4 Å². The molecule has 0 aromatic heterocycles. The summed E-state index contributed by atoms with van der Waals surface area (Å²) >= 11 is 0. The summed E-state index contributed by atoms with van der Waals surface area (Å²) in [6.45, 7) is 4.92. The van der Waals surface area contributed by atoms with Crippen molar-refractivity contribution in [3.63, 3.8) is 0 Å². The Bertz CT molecular complexity index is 1140. The second-order valence-corrected chi connectivity index (χ2v) is 8.92. The first-order chi connectivity index (χ1) is 16.8. The molecule has 2 saturated heterocycles. The topological polar surface area (TPSA) is 103 Å². The van der Waals surface area contributed by atoms with Crippen LogP contribution in [0, 0.1) is 17.1 Å². The van der Waals surface area contributed by atoms with E-state index in [0.717, 1.165) is 18.4 Å². The maximum Gasteiger partial charge on any atom is 0.257 e. The molecule has 9 heteroatoms. The molecule has 0 bridgehead atoms. The van der Waals surface area contributed by atoms with Gasteiger partial charge in [-0.25, -0.2) is 4.39 Å². The predicted molar refractivity (Wildman–Crippen MR) is 130 cm³/mol. The highest BCUT2D eigenvalue weighted by Gasteiger charge is 2.38. The predicted octanol–water partition coefficient (Wildman–Crippen LogP) is 3.46. The average Bonchev–Trinajstić information content (AvgIpc) is 3.39. The highest BCUT2D eigenvalue weighted by Crippen LogP contribution is 2.26. The van der Waals surface area contributed by atoms with Crippen LogP contribution in [0.25, 0.3) is 0 Å². The Kier molecular flexibility index (Phi) is 7.25. The van der Waals surface area contributed by atoms with Crippen molar-refractivity contribution in [3.05, 3.63) is 59.4 Å². The van der Waals surface area contributed by atoms with Gasteiger partial charge in [-0.1, -0.05) is 19.1 Å². The normalized spacial score (nSPS) is 18.9. The molecular formula is C26H29FN4O4. The highest BCUT2D eigenvalue weighted by atomic mass is 19.1. The van der Waals surface area contributed by atoms with Crippen LogP contribution in [0.2, 0.25) is 0 Å². The van der Waals surface area contributed by atoms with Crippen molar-refractivity contribution in [1.82, 2.24) is 4.90 Å². The standard InChI is InChI=1S/C26H29FN4O4/c1-16(24(32)29-19-7-5-18(6-8-19)17(2)28)23-26(34)31(13-14-35-23)20-9-10-22(27)21(15-20)25(33)30-11-3-4-12-30/h5-10,15-16,23,28H,3-4,11-14H2,1-2H3,(H,29,32). The van der Waals surface area contributed by atoms with E-state index in [4.69, 9.17) is 10.1 Å². The summed E-state index contributed by atoms with van der Waals surface area (Å²) in [5.41, 5.74) is 2.06. The maximum atomic E-state index is 14.5. The van der Waals surface area contributed by atoms with Crippen LogP contribution < -0.4 is 10.2 Å². The molecule has 2 aliphatic rings. The molecule has 2 aromatic carbocycles. The van der Waals surface area contributed by atoms with Crippen LogP contribution in [-0.2, 0) is 14.3 Å². The highest BCUT2D eigenvalue weighted by molar-refractivity contribution is 6.04. The lowest BCUT2D eigenvalue weighted by molar-refractivity contribution is -0.143. The van der Waals surface area contributed by atoms with Crippen LogP contribution in [0.1, 0.15) is 42.6 Å². The van der Waals surface area contributed by atoms with E-state index in [1.54, 1.807) is 43.0 Å². The molecule has 3 amide bonds. The summed E-state index contributed by atoms with van der Waals surface area (Å²) in [6, 6.07) is 11.0. The van der Waals surface area contributed by atoms with Crippen molar-refractivity contribution < 1.29 is 23.5 Å². The lowest BCUT2D eigenvalue weighted by Gasteiger charge is -2.35. The number of carbonyl (C=O) groups is 3. The molecule has 4 rings (SSSR count). The number of rotatable bonds is 6. The molecule has 8 nitrogen and oxygen atoms in total. The summed E-state index contributed by atoms with van der Waals surface area (Å²) in [7, 11) is 0. The van der Waals surface area contributed by atoms with Crippen LogP contribution in [0.4, 0.5) is 15.8 Å². The van der Waals surface area contributed by atoms with Crippen LogP contribution in [0.3, 0.4) is 0 Å². The van der Waals surface area contributed by atoms with Gasteiger partial charge in [0.05, 0.1) is 18.1 Å². The van der Waals surface area contributed by atoms with Gasteiger partial charge in [0.25, 0.3) is 11.8 Å². The fourth-order valence-electron chi connectivity index (χ4n) is 4.35. The summed E-state index contributed by atoms with van der Waals surface area (Å²) < 4.78 is 20.2. The zero-order valence-electron chi connectivity index (χ0n) is 19.8. The first kappa shape index (κ1) is 24.5. The van der Waals surface area contributed by atoms with Crippen LogP contribution >= 0.6 is 0 Å². The number of nitrogens with zero attached hydrogens (tertiary/aromatic N) is 2. The number of anilines is 2. The molecule has 0 saturated carbocycles. The van der Waals surface area contributed by atoms with Gasteiger partial charge in [-0.2, -0.15) is 0 Å². The number of amides is 3. The van der Waals surface area contributed by atoms with Crippen molar-refractivity contribution in [3.8, 4) is 0 Å². The van der Waals surface area contributed by atoms with Gasteiger partial charge in [0, 0.05) is 36.7 Å². The summed E-state index contributed by atoms with van der Waals surface area (Å²) in [4.78, 5) is 42.0. The Morgan fingerprint density at radius 1 is 1.11 bits per heavy atom. The summed E-state index contributed by atoms with van der Waals surface area (Å²) in [5, 5.41) is 10.4. The van der Waals surface area contributed by atoms with E-state index in [1.165, 1.54) is 23.1 Å². The molecular weight excluding hydrogens is 451 g/mol. The molecule has 0 aliphatic carbocycles. The Hall–Kier alpha value is -3.59. The average molecular weight is 481 g/mol. The zero-order valence-corrected chi connectivity index (χ0v) is 19.8. The Balaban J connectivity index is 1.48. The molecule has 2 aliphatic heterocycles. The number of likely N-dealkylation sites (tertiary alicyclic amines) is 1. The van der Waals surface area contributed by atoms with Gasteiger partial charge in [0.2, 0.25) is 5.91 Å². The lowest BCUT2D eigenvalue weighted by atomic mass is 10.00. The van der Waals surface area contributed by atoms with Crippen molar-refractivity contribution in [2.24, 2.45) is 5.92 Å². The molecule has 2 fully saturated rings. The van der Waals surface area contributed by atoms with E-state index in [-0.39, 0.29) is 30.5 Å². The third-order valence-corrected chi connectivity index (χ3v) is 6.46. The molecule has 0 spiro atoms. The molecule has 2 atom stereocenters. The van der Waals surface area contributed by atoms with E-state index in [9.17, 15) is 18.8 Å². The number of hydrogen-bond donors (Lipinski definition) is 2. The van der Waals surface area contributed by atoms with E-state index in [1.807, 2.05) is 0 Å². The van der Waals surface area contributed by atoms with Gasteiger partial charge >= 0.3 is 0 Å². The molecule has 2 N–H and O–H groups in total. The van der Waals surface area contributed by atoms with Gasteiger partial charge in [-0.15, -0.1) is 0 Å². The lowest BCUT2D eigenvalue weighted by Crippen LogP contribution is -2.52. The number of morpholine rings is 1. The minimum absolute atomic E-state index is 0.0605. The second-order valence-electron chi connectivity index (χ2n) is 8.92. The molecule has 184 valence electrons. The molecule has 2 heterocycles. The fourth-order valence-corrected chi connectivity index (χ4v) is 4.35. The van der Waals surface area contributed by atoms with Gasteiger partial charge in [0.15, 0.2) is 0 Å². The number of ether oxygens (including phenoxy) is 1. The Morgan fingerprint density at radius 2 is 1.80 bits per heavy atom.